The molecule has 0 aliphatic carbocycles. The van der Waals surface area contributed by atoms with Crippen LogP contribution in [0.2, 0.25) is 5.02 Å². The Morgan fingerprint density at radius 1 is 1.43 bits per heavy atom. The van der Waals surface area contributed by atoms with Gasteiger partial charge in [0.1, 0.15) is 5.75 Å². The quantitative estimate of drug-likeness (QED) is 0.823. The van der Waals surface area contributed by atoms with E-state index in [-0.39, 0.29) is 11.9 Å². The third-order valence-corrected chi connectivity index (χ3v) is 1.91. The highest BCUT2D eigenvalue weighted by Gasteiger charge is 1.98. The van der Waals surface area contributed by atoms with Gasteiger partial charge in [0.25, 0.3) is 0 Å². The lowest BCUT2D eigenvalue weighted by atomic mass is 10.1. The van der Waals surface area contributed by atoms with E-state index in [0.29, 0.717) is 5.02 Å². The smallest absolute Gasteiger partial charge is 0.373 e. The Kier molecular flexibility index (Phi) is 6.46. The Morgan fingerprint density at radius 3 is 2.43 bits per heavy atom. The fraction of sp³-hybridized carbons (Fsp3) is 0.300. The van der Waals surface area contributed by atoms with Crippen LogP contribution in [-0.2, 0) is 16.0 Å². The lowest BCUT2D eigenvalue weighted by Gasteiger charge is -2.01. The van der Waals surface area contributed by atoms with Crippen molar-refractivity contribution in [1.29, 1.82) is 0 Å². The zero-order chi connectivity index (χ0) is 11.0. The van der Waals surface area contributed by atoms with Gasteiger partial charge in [-0.1, -0.05) is 31.0 Å². The summed E-state index contributed by atoms with van der Waals surface area (Å²) in [5.41, 5.74) is 1.10. The summed E-state index contributed by atoms with van der Waals surface area (Å²) in [6.07, 6.45) is 2.30. The Balaban J connectivity index is 0.000000500. The SMILES string of the molecule is CCCc1ccc(O)cc1Cl.O=C=O. The number of halogens is 1. The number of aryl methyl sites for hydroxylation is 1. The third kappa shape index (κ3) is 4.65. The summed E-state index contributed by atoms with van der Waals surface area (Å²) in [6.45, 7) is 2.10. The molecule has 0 unspecified atom stereocenters. The fourth-order valence-electron chi connectivity index (χ4n) is 1.01. The number of hydrogen-bond acceptors (Lipinski definition) is 3. The Morgan fingerprint density at radius 2 is 2.00 bits per heavy atom. The minimum absolute atomic E-state index is 0.231. The van der Waals surface area contributed by atoms with E-state index in [1.165, 1.54) is 0 Å². The molecule has 0 spiro atoms. The predicted octanol–water partition coefficient (Wildman–Crippen LogP) is 2.41. The molecule has 0 amide bonds. The molecule has 0 aliphatic heterocycles. The van der Waals surface area contributed by atoms with Crippen LogP contribution in [0, 0.1) is 0 Å². The van der Waals surface area contributed by atoms with Crippen LogP contribution in [0.4, 0.5) is 0 Å². The van der Waals surface area contributed by atoms with Gasteiger partial charge in [-0.2, -0.15) is 9.59 Å². The maximum atomic E-state index is 9.02. The topological polar surface area (TPSA) is 54.4 Å². The Hall–Kier alpha value is -1.31. The molecule has 1 aromatic carbocycles. The Bertz CT molecular complexity index is 317. The van der Waals surface area contributed by atoms with Crippen LogP contribution in [0.15, 0.2) is 18.2 Å². The van der Waals surface area contributed by atoms with E-state index in [1.54, 1.807) is 12.1 Å². The van der Waals surface area contributed by atoms with Crippen molar-refractivity contribution in [3.05, 3.63) is 28.8 Å². The first-order chi connectivity index (χ1) is 6.65. The normalized spacial score (nSPS) is 8.43. The van der Waals surface area contributed by atoms with Gasteiger partial charge in [-0.3, -0.25) is 0 Å². The summed E-state index contributed by atoms with van der Waals surface area (Å²) in [5, 5.41) is 9.68. The van der Waals surface area contributed by atoms with Gasteiger partial charge in [0.15, 0.2) is 0 Å². The van der Waals surface area contributed by atoms with E-state index < -0.39 is 0 Å². The molecule has 0 bridgehead atoms. The second-order valence-electron chi connectivity index (χ2n) is 2.61. The summed E-state index contributed by atoms with van der Waals surface area (Å²) in [7, 11) is 0. The van der Waals surface area contributed by atoms with Gasteiger partial charge in [0.2, 0.25) is 0 Å². The minimum atomic E-state index is 0.231. The first-order valence-electron chi connectivity index (χ1n) is 4.12. The molecule has 0 radical (unpaired) electrons. The van der Waals surface area contributed by atoms with Crippen molar-refractivity contribution >= 4 is 17.8 Å². The number of phenols is 1. The molecule has 1 N–H and O–H groups in total. The van der Waals surface area contributed by atoms with Crippen LogP contribution in [0.5, 0.6) is 5.75 Å². The number of carbonyl (C=O) groups excluding carboxylic acids is 2. The van der Waals surface area contributed by atoms with E-state index in [2.05, 4.69) is 6.92 Å². The van der Waals surface area contributed by atoms with Crippen LogP contribution in [-0.4, -0.2) is 11.3 Å². The molecule has 0 aliphatic rings. The van der Waals surface area contributed by atoms with Crippen LogP contribution < -0.4 is 0 Å². The van der Waals surface area contributed by atoms with Crippen LogP contribution in [0.3, 0.4) is 0 Å². The molecule has 0 heterocycles. The molecule has 0 saturated carbocycles. The van der Waals surface area contributed by atoms with Gasteiger partial charge in [-0.05, 0) is 24.1 Å². The van der Waals surface area contributed by atoms with E-state index in [4.69, 9.17) is 26.3 Å². The number of aromatic hydroxyl groups is 1. The van der Waals surface area contributed by atoms with Crippen LogP contribution >= 0.6 is 11.6 Å². The number of rotatable bonds is 2. The molecule has 0 fully saturated rings. The van der Waals surface area contributed by atoms with Crippen LogP contribution in [0.1, 0.15) is 18.9 Å². The summed E-state index contributed by atoms with van der Waals surface area (Å²) in [5.74, 6) is 0.231. The summed E-state index contributed by atoms with van der Waals surface area (Å²) < 4.78 is 0. The van der Waals surface area contributed by atoms with Crippen molar-refractivity contribution in [1.82, 2.24) is 0 Å². The van der Waals surface area contributed by atoms with Gasteiger partial charge in [-0.15, -0.1) is 0 Å². The van der Waals surface area contributed by atoms with E-state index in [9.17, 15) is 0 Å². The van der Waals surface area contributed by atoms with Crippen molar-refractivity contribution in [2.24, 2.45) is 0 Å². The average Bonchev–Trinajstić information content (AvgIpc) is 2.11. The second kappa shape index (κ2) is 7.13. The summed E-state index contributed by atoms with van der Waals surface area (Å²) in [6, 6.07) is 5.10. The largest absolute Gasteiger partial charge is 0.508 e. The maximum Gasteiger partial charge on any atom is 0.373 e. The molecule has 4 heteroatoms. The molecular formula is C10H11ClO3. The van der Waals surface area contributed by atoms with Gasteiger partial charge < -0.3 is 5.11 Å². The summed E-state index contributed by atoms with van der Waals surface area (Å²) >= 11 is 5.85. The van der Waals surface area contributed by atoms with Gasteiger partial charge >= 0.3 is 6.15 Å². The zero-order valence-electron chi connectivity index (χ0n) is 7.79. The van der Waals surface area contributed by atoms with Crippen molar-refractivity contribution in [3.8, 4) is 5.75 Å². The molecule has 1 aromatic rings. The van der Waals surface area contributed by atoms with Crippen molar-refractivity contribution < 1.29 is 14.7 Å². The van der Waals surface area contributed by atoms with Gasteiger partial charge in [0.05, 0.1) is 0 Å². The number of hydrogen-bond donors (Lipinski definition) is 1. The maximum absolute atomic E-state index is 9.02. The summed E-state index contributed by atoms with van der Waals surface area (Å²) in [4.78, 5) is 16.2. The average molecular weight is 215 g/mol. The molecule has 0 aromatic heterocycles. The van der Waals surface area contributed by atoms with E-state index in [0.717, 1.165) is 18.4 Å². The highest BCUT2D eigenvalue weighted by atomic mass is 35.5. The first kappa shape index (κ1) is 12.7. The van der Waals surface area contributed by atoms with Gasteiger partial charge in [-0.25, -0.2) is 0 Å². The van der Waals surface area contributed by atoms with Crippen molar-refractivity contribution in [2.45, 2.75) is 19.8 Å². The third-order valence-electron chi connectivity index (χ3n) is 1.56. The highest BCUT2D eigenvalue weighted by Crippen LogP contribution is 2.22. The number of benzene rings is 1. The lowest BCUT2D eigenvalue weighted by Crippen LogP contribution is -1.83. The molecule has 76 valence electrons. The minimum Gasteiger partial charge on any atom is -0.508 e. The zero-order valence-corrected chi connectivity index (χ0v) is 8.54. The monoisotopic (exact) mass is 214 g/mol. The van der Waals surface area contributed by atoms with E-state index in [1.807, 2.05) is 6.07 Å². The van der Waals surface area contributed by atoms with Gasteiger partial charge in [0, 0.05) is 5.02 Å². The van der Waals surface area contributed by atoms with Crippen molar-refractivity contribution in [3.63, 3.8) is 0 Å². The predicted molar refractivity (Wildman–Crippen MR) is 52.1 cm³/mol. The molecule has 0 saturated heterocycles. The fourth-order valence-corrected chi connectivity index (χ4v) is 1.28. The standard InChI is InChI=1S/C9H11ClO.CO2/c1-2-3-7-4-5-8(11)6-9(7)10;2-1-3/h4-6,11H,2-3H2,1H3;. The van der Waals surface area contributed by atoms with E-state index >= 15 is 0 Å². The van der Waals surface area contributed by atoms with Crippen molar-refractivity contribution in [2.75, 3.05) is 0 Å². The highest BCUT2D eigenvalue weighted by molar-refractivity contribution is 6.31. The number of phenolic OH excluding ortho intramolecular Hbond substituents is 1. The molecule has 14 heavy (non-hydrogen) atoms. The lowest BCUT2D eigenvalue weighted by molar-refractivity contribution is -0.191. The Labute approximate surface area is 87.3 Å². The molecule has 0 atom stereocenters. The molecule has 1 rings (SSSR count). The second-order valence-corrected chi connectivity index (χ2v) is 3.02. The first-order valence-corrected chi connectivity index (χ1v) is 4.50. The molecule has 3 nitrogen and oxygen atoms in total. The van der Waals surface area contributed by atoms with Crippen LogP contribution in [0.25, 0.3) is 0 Å². The molecular weight excluding hydrogens is 204 g/mol.